The van der Waals surface area contributed by atoms with Gasteiger partial charge in [0.05, 0.1) is 12.5 Å². The molecule has 1 saturated heterocycles. The second-order valence-corrected chi connectivity index (χ2v) is 11.1. The van der Waals surface area contributed by atoms with Crippen molar-refractivity contribution in [3.8, 4) is 11.5 Å². The highest BCUT2D eigenvalue weighted by atomic mass is 32.2. The van der Waals surface area contributed by atoms with Gasteiger partial charge >= 0.3 is 0 Å². The summed E-state index contributed by atoms with van der Waals surface area (Å²) >= 11 is 1.20. The van der Waals surface area contributed by atoms with E-state index >= 15 is 0 Å². The Balaban J connectivity index is 1.43. The van der Waals surface area contributed by atoms with Crippen LogP contribution in [0.2, 0.25) is 0 Å². The van der Waals surface area contributed by atoms with Crippen molar-refractivity contribution in [3.05, 3.63) is 40.8 Å². The first kappa shape index (κ1) is 22.1. The zero-order valence-electron chi connectivity index (χ0n) is 17.8. The molecule has 1 fully saturated rings. The Morgan fingerprint density at radius 2 is 2.23 bits per heavy atom. The van der Waals surface area contributed by atoms with E-state index in [0.717, 1.165) is 29.0 Å². The number of amides is 1. The molecule has 0 saturated carbocycles. The molecule has 31 heavy (non-hydrogen) atoms. The lowest BCUT2D eigenvalue weighted by Gasteiger charge is -2.30. The summed E-state index contributed by atoms with van der Waals surface area (Å²) in [6, 6.07) is 7.27. The van der Waals surface area contributed by atoms with Crippen LogP contribution < -0.4 is 14.8 Å². The Hall–Kier alpha value is -2.10. The molecule has 1 aromatic carbocycles. The molecule has 0 aliphatic carbocycles. The molecule has 2 aliphatic heterocycles. The molecule has 2 atom stereocenters. The van der Waals surface area contributed by atoms with Crippen LogP contribution in [0.5, 0.6) is 11.5 Å². The number of sulfonamides is 1. The minimum Gasteiger partial charge on any atom is -0.494 e. The van der Waals surface area contributed by atoms with Crippen LogP contribution in [-0.2, 0) is 27.8 Å². The van der Waals surface area contributed by atoms with Gasteiger partial charge < -0.3 is 14.8 Å². The van der Waals surface area contributed by atoms with E-state index in [1.807, 2.05) is 26.0 Å². The Kier molecular flexibility index (Phi) is 6.55. The average Bonchev–Trinajstić information content (AvgIpc) is 3.41. The molecule has 0 bridgehead atoms. The number of carbonyl (C=O) groups is 1. The highest BCUT2D eigenvalue weighted by Gasteiger charge is 2.34. The molecule has 2 aromatic rings. The smallest absolute Gasteiger partial charge is 0.252 e. The van der Waals surface area contributed by atoms with Gasteiger partial charge in [-0.1, -0.05) is 6.07 Å². The minimum absolute atomic E-state index is 0.132. The van der Waals surface area contributed by atoms with Crippen LogP contribution in [-0.4, -0.2) is 44.4 Å². The first-order chi connectivity index (χ1) is 14.9. The van der Waals surface area contributed by atoms with E-state index in [0.29, 0.717) is 36.7 Å². The lowest BCUT2D eigenvalue weighted by molar-refractivity contribution is -0.126. The zero-order chi connectivity index (χ0) is 22.0. The molecule has 0 radical (unpaired) electrons. The van der Waals surface area contributed by atoms with Crippen molar-refractivity contribution in [2.45, 2.75) is 50.0 Å². The molecule has 9 heteroatoms. The van der Waals surface area contributed by atoms with Crippen molar-refractivity contribution in [2.24, 2.45) is 5.92 Å². The second kappa shape index (κ2) is 9.18. The third kappa shape index (κ3) is 4.73. The molecule has 2 unspecified atom stereocenters. The van der Waals surface area contributed by atoms with Crippen LogP contribution in [0, 0.1) is 5.92 Å². The van der Waals surface area contributed by atoms with Crippen molar-refractivity contribution < 1.29 is 22.7 Å². The average molecular weight is 465 g/mol. The standard InChI is InChI=1S/C22H28N2O5S2/c1-3-28-19-11-17-10-15(2)29-20(17)12-18(19)13-23-22(25)16-6-4-8-24(14-16)31(26,27)21-7-5-9-30-21/h5,7,9,11-12,15-16H,3-4,6,8,10,13-14H2,1-2H3,(H,23,25). The lowest BCUT2D eigenvalue weighted by atomic mass is 9.98. The van der Waals surface area contributed by atoms with Gasteiger partial charge in [-0.15, -0.1) is 11.3 Å². The maximum atomic E-state index is 12.9. The molecular weight excluding hydrogens is 436 g/mol. The topological polar surface area (TPSA) is 84.9 Å². The normalized spacial score (nSPS) is 21.4. The Bertz CT molecular complexity index is 1040. The van der Waals surface area contributed by atoms with Crippen LogP contribution in [0.25, 0.3) is 0 Å². The highest BCUT2D eigenvalue weighted by Crippen LogP contribution is 2.35. The number of thiophene rings is 1. The van der Waals surface area contributed by atoms with E-state index in [9.17, 15) is 13.2 Å². The summed E-state index contributed by atoms with van der Waals surface area (Å²) in [6.45, 7) is 5.45. The predicted octanol–water partition coefficient (Wildman–Crippen LogP) is 3.19. The molecule has 1 N–H and O–H groups in total. The second-order valence-electron chi connectivity index (χ2n) is 7.99. The maximum Gasteiger partial charge on any atom is 0.252 e. The van der Waals surface area contributed by atoms with Crippen LogP contribution in [0.3, 0.4) is 0 Å². The summed E-state index contributed by atoms with van der Waals surface area (Å²) in [5.41, 5.74) is 1.98. The van der Waals surface area contributed by atoms with Gasteiger partial charge in [-0.2, -0.15) is 4.31 Å². The van der Waals surface area contributed by atoms with Crippen LogP contribution in [0.15, 0.2) is 33.9 Å². The number of benzene rings is 1. The van der Waals surface area contributed by atoms with Gasteiger partial charge in [0.15, 0.2) is 0 Å². The van der Waals surface area contributed by atoms with Crippen molar-refractivity contribution in [3.63, 3.8) is 0 Å². The number of hydrogen-bond acceptors (Lipinski definition) is 6. The van der Waals surface area contributed by atoms with Gasteiger partial charge in [0.2, 0.25) is 5.91 Å². The molecule has 0 spiro atoms. The SMILES string of the molecule is CCOc1cc2c(cc1CNC(=O)C1CCCN(S(=O)(=O)c3cccs3)C1)OC(C)C2. The summed E-state index contributed by atoms with van der Waals surface area (Å²) in [5, 5.41) is 4.73. The number of carbonyl (C=O) groups excluding carboxylic acids is 1. The molecule has 4 rings (SSSR count). The fourth-order valence-electron chi connectivity index (χ4n) is 4.15. The van der Waals surface area contributed by atoms with E-state index in [1.54, 1.807) is 17.5 Å². The molecule has 168 valence electrons. The van der Waals surface area contributed by atoms with E-state index in [1.165, 1.54) is 15.6 Å². The third-order valence-electron chi connectivity index (χ3n) is 5.68. The summed E-state index contributed by atoms with van der Waals surface area (Å²) < 4.78 is 39.0. The van der Waals surface area contributed by atoms with E-state index < -0.39 is 10.0 Å². The van der Waals surface area contributed by atoms with Crippen LogP contribution in [0.4, 0.5) is 0 Å². The van der Waals surface area contributed by atoms with Crippen molar-refractivity contribution in [1.82, 2.24) is 9.62 Å². The van der Waals surface area contributed by atoms with E-state index in [4.69, 9.17) is 9.47 Å². The number of ether oxygens (including phenoxy) is 2. The number of fused-ring (bicyclic) bond motifs is 1. The lowest BCUT2D eigenvalue weighted by Crippen LogP contribution is -2.45. The number of nitrogens with zero attached hydrogens (tertiary/aromatic N) is 1. The van der Waals surface area contributed by atoms with Gasteiger partial charge in [0.25, 0.3) is 10.0 Å². The monoisotopic (exact) mass is 464 g/mol. The first-order valence-corrected chi connectivity index (χ1v) is 13.0. The number of rotatable bonds is 7. The minimum atomic E-state index is -3.54. The van der Waals surface area contributed by atoms with Gasteiger partial charge in [-0.3, -0.25) is 4.79 Å². The van der Waals surface area contributed by atoms with Crippen molar-refractivity contribution >= 4 is 27.3 Å². The van der Waals surface area contributed by atoms with Crippen LogP contribution in [0.1, 0.15) is 37.8 Å². The van der Waals surface area contributed by atoms with Gasteiger partial charge in [-0.25, -0.2) is 8.42 Å². The van der Waals surface area contributed by atoms with Crippen molar-refractivity contribution in [1.29, 1.82) is 0 Å². The fourth-order valence-corrected chi connectivity index (χ4v) is 6.82. The van der Waals surface area contributed by atoms with E-state index in [-0.39, 0.29) is 24.5 Å². The summed E-state index contributed by atoms with van der Waals surface area (Å²) in [5.74, 6) is 1.09. The van der Waals surface area contributed by atoms with Crippen LogP contribution >= 0.6 is 11.3 Å². The third-order valence-corrected chi connectivity index (χ3v) is 8.91. The summed E-state index contributed by atoms with van der Waals surface area (Å²) in [6.07, 6.45) is 2.31. The molecule has 1 aromatic heterocycles. The number of nitrogens with one attached hydrogen (secondary N) is 1. The Morgan fingerprint density at radius 1 is 1.39 bits per heavy atom. The number of piperidine rings is 1. The first-order valence-electron chi connectivity index (χ1n) is 10.6. The molecule has 7 nitrogen and oxygen atoms in total. The fraction of sp³-hybridized carbons (Fsp3) is 0.500. The Labute approximate surface area is 187 Å². The predicted molar refractivity (Wildman–Crippen MR) is 119 cm³/mol. The molecule has 1 amide bonds. The number of hydrogen-bond donors (Lipinski definition) is 1. The molecular formula is C22H28N2O5S2. The zero-order valence-corrected chi connectivity index (χ0v) is 19.4. The summed E-state index contributed by atoms with van der Waals surface area (Å²) in [7, 11) is -3.54. The van der Waals surface area contributed by atoms with Gasteiger partial charge in [0.1, 0.15) is 21.8 Å². The quantitative estimate of drug-likeness (QED) is 0.680. The van der Waals surface area contributed by atoms with E-state index in [2.05, 4.69) is 5.32 Å². The largest absolute Gasteiger partial charge is 0.494 e. The molecule has 3 heterocycles. The van der Waals surface area contributed by atoms with Gasteiger partial charge in [-0.05, 0) is 50.3 Å². The Morgan fingerprint density at radius 3 is 2.97 bits per heavy atom. The summed E-state index contributed by atoms with van der Waals surface area (Å²) in [4.78, 5) is 12.9. The maximum absolute atomic E-state index is 12.9. The van der Waals surface area contributed by atoms with Crippen molar-refractivity contribution in [2.75, 3.05) is 19.7 Å². The van der Waals surface area contributed by atoms with Gasteiger partial charge in [0, 0.05) is 37.2 Å². The highest BCUT2D eigenvalue weighted by molar-refractivity contribution is 7.91. The molecule has 2 aliphatic rings.